The van der Waals surface area contributed by atoms with E-state index in [2.05, 4.69) is 33.1 Å². The second kappa shape index (κ2) is 15.8. The number of hydrogen-bond acceptors (Lipinski definition) is 7. The molecule has 0 spiro atoms. The minimum atomic E-state index is -3.58. The Morgan fingerprint density at radius 1 is 0.885 bits per heavy atom. The van der Waals surface area contributed by atoms with Crippen LogP contribution in [0.25, 0.3) is 0 Å². The number of carbonyl (C=O) groups is 5. The van der Waals surface area contributed by atoms with Gasteiger partial charge in [-0.05, 0) is 75.5 Å². The standard InChI is InChI=1S/C39H59N5O7S/c1-9-11-18-27(30(45)33(47)40-23-10-2)41-32(46)29-28-26(37(28,6)7)24-44(29)34(48)31(38(8)19-14-12-15-20-38)42-35(49)43-39(21-16-13-17-22-39)25-52(50,51)36(3,4)5/h1-2,26-29,31H,11-25H2,3-8H3,(H,40,47)(H,41,46)(H2,42,43,49)/t26-,27?,28-,29-,31+/m0/s1. The van der Waals surface area contributed by atoms with Crippen molar-refractivity contribution in [2.75, 3.05) is 18.8 Å². The lowest BCUT2D eigenvalue weighted by Crippen LogP contribution is -2.65. The van der Waals surface area contributed by atoms with Crippen LogP contribution in [0, 0.1) is 47.4 Å². The normalized spacial score (nSPS) is 25.5. The molecule has 5 amide bonds. The van der Waals surface area contributed by atoms with E-state index in [4.69, 9.17) is 12.8 Å². The van der Waals surface area contributed by atoms with Crippen molar-refractivity contribution in [2.45, 2.75) is 147 Å². The monoisotopic (exact) mass is 741 g/mol. The van der Waals surface area contributed by atoms with Gasteiger partial charge in [-0.3, -0.25) is 19.2 Å². The molecule has 1 unspecified atom stereocenters. The SMILES string of the molecule is C#CCCC(NC(=O)[C@@H]1[C@@H]2[C@H](CN1C(=O)[C@@H](NC(=O)NC1(CS(=O)(=O)C(C)(C)C)CCCCC1)C1(C)CCCCC1)C2(C)C)C(=O)C(=O)NCC#C. The zero-order valence-corrected chi connectivity index (χ0v) is 32.7. The van der Waals surface area contributed by atoms with Crippen LogP contribution in [-0.2, 0) is 29.0 Å². The number of urea groups is 1. The van der Waals surface area contributed by atoms with Gasteiger partial charge >= 0.3 is 6.03 Å². The van der Waals surface area contributed by atoms with Gasteiger partial charge in [-0.1, -0.05) is 65.2 Å². The minimum Gasteiger partial charge on any atom is -0.344 e. The van der Waals surface area contributed by atoms with Crippen LogP contribution in [-0.4, -0.2) is 90.1 Å². The number of amides is 5. The predicted molar refractivity (Wildman–Crippen MR) is 199 cm³/mol. The number of fused-ring (bicyclic) bond motifs is 1. The summed E-state index contributed by atoms with van der Waals surface area (Å²) < 4.78 is 25.9. The molecule has 0 radical (unpaired) electrons. The van der Waals surface area contributed by atoms with Gasteiger partial charge in [-0.25, -0.2) is 13.2 Å². The first-order valence-electron chi connectivity index (χ1n) is 18.8. The maximum absolute atomic E-state index is 14.9. The first kappa shape index (κ1) is 41.2. The molecule has 0 aromatic rings. The van der Waals surface area contributed by atoms with E-state index < -0.39 is 67.3 Å². The Balaban J connectivity index is 1.62. The van der Waals surface area contributed by atoms with Crippen molar-refractivity contribution >= 4 is 39.4 Å². The molecule has 52 heavy (non-hydrogen) atoms. The van der Waals surface area contributed by atoms with E-state index in [9.17, 15) is 32.4 Å². The Hall–Kier alpha value is -3.58. The number of likely N-dealkylation sites (tertiary alicyclic amines) is 1. The topological polar surface area (TPSA) is 171 Å². The van der Waals surface area contributed by atoms with Gasteiger partial charge in [0, 0.05) is 13.0 Å². The molecule has 1 saturated heterocycles. The molecule has 3 saturated carbocycles. The highest BCUT2D eigenvalue weighted by atomic mass is 32.2. The number of Topliss-reactive ketones (excluding diaryl/α,β-unsaturated/α-hetero) is 1. The van der Waals surface area contributed by atoms with Crippen LogP contribution in [0.4, 0.5) is 4.79 Å². The third-order valence-electron chi connectivity index (χ3n) is 12.3. The molecule has 5 atom stereocenters. The lowest BCUT2D eigenvalue weighted by atomic mass is 9.70. The van der Waals surface area contributed by atoms with E-state index in [1.54, 1.807) is 25.7 Å². The summed E-state index contributed by atoms with van der Waals surface area (Å²) in [6.07, 6.45) is 18.5. The number of nitrogens with zero attached hydrogens (tertiary/aromatic N) is 1. The van der Waals surface area contributed by atoms with Crippen LogP contribution in [0.1, 0.15) is 119 Å². The maximum atomic E-state index is 14.9. The summed E-state index contributed by atoms with van der Waals surface area (Å²) >= 11 is 0. The molecule has 4 N–H and O–H groups in total. The highest BCUT2D eigenvalue weighted by Crippen LogP contribution is 2.65. The van der Waals surface area contributed by atoms with E-state index in [0.717, 1.165) is 38.5 Å². The Morgan fingerprint density at radius 2 is 1.48 bits per heavy atom. The third-order valence-corrected chi connectivity index (χ3v) is 15.1. The van der Waals surface area contributed by atoms with Crippen molar-refractivity contribution < 1.29 is 32.4 Å². The van der Waals surface area contributed by atoms with Gasteiger partial charge in [0.05, 0.1) is 28.6 Å². The molecule has 12 nitrogen and oxygen atoms in total. The lowest BCUT2D eigenvalue weighted by Gasteiger charge is -2.44. The van der Waals surface area contributed by atoms with Gasteiger partial charge in [0.15, 0.2) is 9.84 Å². The molecule has 4 rings (SSSR count). The molecular formula is C39H59N5O7S. The number of rotatable bonds is 13. The Morgan fingerprint density at radius 3 is 2.04 bits per heavy atom. The van der Waals surface area contributed by atoms with Gasteiger partial charge < -0.3 is 26.2 Å². The number of terminal acetylenes is 2. The largest absolute Gasteiger partial charge is 0.344 e. The fourth-order valence-electron chi connectivity index (χ4n) is 8.81. The van der Waals surface area contributed by atoms with Crippen molar-refractivity contribution in [1.82, 2.24) is 26.2 Å². The van der Waals surface area contributed by atoms with Gasteiger partial charge in [-0.2, -0.15) is 0 Å². The Bertz CT molecular complexity index is 1590. The molecule has 13 heteroatoms. The van der Waals surface area contributed by atoms with Gasteiger partial charge in [-0.15, -0.1) is 18.8 Å². The number of carbonyl (C=O) groups excluding carboxylic acids is 5. The molecule has 4 aliphatic rings. The molecule has 4 fully saturated rings. The van der Waals surface area contributed by atoms with Crippen molar-refractivity contribution in [1.29, 1.82) is 0 Å². The van der Waals surface area contributed by atoms with Crippen LogP contribution in [0.5, 0.6) is 0 Å². The van der Waals surface area contributed by atoms with Crippen molar-refractivity contribution in [3.8, 4) is 24.7 Å². The first-order valence-corrected chi connectivity index (χ1v) is 20.5. The number of hydrogen-bond donors (Lipinski definition) is 4. The van der Waals surface area contributed by atoms with Gasteiger partial charge in [0.1, 0.15) is 12.1 Å². The summed E-state index contributed by atoms with van der Waals surface area (Å²) in [5, 5.41) is 11.2. The number of sulfone groups is 1. The highest BCUT2D eigenvalue weighted by Gasteiger charge is 2.70. The second-order valence-corrected chi connectivity index (χ2v) is 20.1. The van der Waals surface area contributed by atoms with E-state index in [-0.39, 0.29) is 48.3 Å². The summed E-state index contributed by atoms with van der Waals surface area (Å²) in [6.45, 7) is 11.2. The summed E-state index contributed by atoms with van der Waals surface area (Å²) in [4.78, 5) is 70.3. The second-order valence-electron chi connectivity index (χ2n) is 17.4. The van der Waals surface area contributed by atoms with Crippen molar-refractivity contribution in [2.24, 2.45) is 22.7 Å². The zero-order chi connectivity index (χ0) is 38.7. The molecule has 288 valence electrons. The van der Waals surface area contributed by atoms with Crippen molar-refractivity contribution in [3.63, 3.8) is 0 Å². The van der Waals surface area contributed by atoms with E-state index >= 15 is 0 Å². The predicted octanol–water partition coefficient (Wildman–Crippen LogP) is 3.24. The van der Waals surface area contributed by atoms with E-state index in [1.165, 1.54) is 0 Å². The summed E-state index contributed by atoms with van der Waals surface area (Å²) in [5.41, 5.74) is -1.83. The van der Waals surface area contributed by atoms with Gasteiger partial charge in [0.25, 0.3) is 5.91 Å². The average molecular weight is 742 g/mol. The molecule has 1 heterocycles. The average Bonchev–Trinajstić information content (AvgIpc) is 3.37. The molecule has 0 bridgehead atoms. The Kier molecular flexibility index (Phi) is 12.5. The third kappa shape index (κ3) is 8.78. The fourth-order valence-corrected chi connectivity index (χ4v) is 10.3. The summed E-state index contributed by atoms with van der Waals surface area (Å²) in [5.74, 6) is 1.56. The van der Waals surface area contributed by atoms with Crippen molar-refractivity contribution in [3.05, 3.63) is 0 Å². The van der Waals surface area contributed by atoms with Gasteiger partial charge in [0.2, 0.25) is 17.6 Å². The zero-order valence-electron chi connectivity index (χ0n) is 31.9. The molecule has 3 aliphatic carbocycles. The van der Waals surface area contributed by atoms with Crippen LogP contribution in [0.2, 0.25) is 0 Å². The highest BCUT2D eigenvalue weighted by molar-refractivity contribution is 7.92. The fraction of sp³-hybridized carbons (Fsp3) is 0.769. The number of piperidine rings is 1. The minimum absolute atomic E-state index is 0.0211. The molecular weight excluding hydrogens is 683 g/mol. The van der Waals surface area contributed by atoms with E-state index in [0.29, 0.717) is 32.2 Å². The van der Waals surface area contributed by atoms with Crippen LogP contribution in [0.3, 0.4) is 0 Å². The smallest absolute Gasteiger partial charge is 0.315 e. The quantitative estimate of drug-likeness (QED) is 0.166. The van der Waals surface area contributed by atoms with Crippen LogP contribution < -0.4 is 21.3 Å². The lowest BCUT2D eigenvalue weighted by molar-refractivity contribution is -0.146. The first-order chi connectivity index (χ1) is 24.2. The van der Waals surface area contributed by atoms with Crippen LogP contribution in [0.15, 0.2) is 0 Å². The van der Waals surface area contributed by atoms with Crippen LogP contribution >= 0.6 is 0 Å². The Labute approximate surface area is 310 Å². The summed E-state index contributed by atoms with van der Waals surface area (Å²) in [7, 11) is -3.58. The summed E-state index contributed by atoms with van der Waals surface area (Å²) in [6, 6.07) is -3.74. The van der Waals surface area contributed by atoms with E-state index in [1.807, 2.05) is 20.8 Å². The molecule has 0 aromatic carbocycles. The molecule has 1 aliphatic heterocycles. The number of ketones is 1. The maximum Gasteiger partial charge on any atom is 0.315 e. The number of nitrogens with one attached hydrogen (secondary N) is 4. The molecule has 0 aromatic heterocycles.